The van der Waals surface area contributed by atoms with Gasteiger partial charge in [-0.3, -0.25) is 0 Å². The average molecular weight is 115 g/mol. The van der Waals surface area contributed by atoms with Crippen molar-refractivity contribution < 1.29 is 5.11 Å². The Morgan fingerprint density at radius 2 is 1.62 bits per heavy atom. The molecule has 0 aromatic rings. The van der Waals surface area contributed by atoms with Gasteiger partial charge in [0.05, 0.1) is 6.61 Å². The average Bonchev–Trinajstić information content (AvgIpc) is 1.87. The summed E-state index contributed by atoms with van der Waals surface area (Å²) in [7, 11) is 0. The van der Waals surface area contributed by atoms with E-state index in [1.54, 1.807) is 0 Å². The molecule has 0 heterocycles. The van der Waals surface area contributed by atoms with Crippen LogP contribution >= 0.6 is 0 Å². The Labute approximate surface area is 51.7 Å². The Kier molecular flexibility index (Phi) is 3.06. The SMILES string of the molecule is CCC(C)(CC)C[O]. The first kappa shape index (κ1) is 7.96. The summed E-state index contributed by atoms with van der Waals surface area (Å²) < 4.78 is 0. The number of rotatable bonds is 3. The standard InChI is InChI=1S/C7H15O/c1-4-7(3,5-2)6-8/h4-6H2,1-3H3. The molecule has 0 amide bonds. The molecule has 0 aliphatic rings. The molecule has 1 nitrogen and oxygen atoms in total. The maximum absolute atomic E-state index is 10.4. The van der Waals surface area contributed by atoms with Crippen molar-refractivity contribution in [3.8, 4) is 0 Å². The highest BCUT2D eigenvalue weighted by molar-refractivity contribution is 4.67. The summed E-state index contributed by atoms with van der Waals surface area (Å²) in [5, 5.41) is 10.4. The Balaban J connectivity index is 3.58. The van der Waals surface area contributed by atoms with Crippen LogP contribution < -0.4 is 0 Å². The first-order valence-corrected chi connectivity index (χ1v) is 3.26. The molecule has 0 saturated carbocycles. The van der Waals surface area contributed by atoms with Crippen LogP contribution in [0.1, 0.15) is 33.6 Å². The van der Waals surface area contributed by atoms with Crippen molar-refractivity contribution in [1.82, 2.24) is 0 Å². The summed E-state index contributed by atoms with van der Waals surface area (Å²) >= 11 is 0. The summed E-state index contributed by atoms with van der Waals surface area (Å²) in [5.74, 6) is 0. The smallest absolute Gasteiger partial charge is 0.0875 e. The van der Waals surface area contributed by atoms with Crippen LogP contribution in [0.5, 0.6) is 0 Å². The van der Waals surface area contributed by atoms with Gasteiger partial charge < -0.3 is 0 Å². The molecule has 0 bridgehead atoms. The molecule has 0 unspecified atom stereocenters. The van der Waals surface area contributed by atoms with Gasteiger partial charge in [-0.05, 0) is 18.3 Å². The second-order valence-corrected chi connectivity index (χ2v) is 2.66. The lowest BCUT2D eigenvalue weighted by atomic mass is 9.86. The van der Waals surface area contributed by atoms with Crippen LogP contribution in [0.15, 0.2) is 0 Å². The molecule has 0 rings (SSSR count). The first-order valence-electron chi connectivity index (χ1n) is 3.26. The van der Waals surface area contributed by atoms with Gasteiger partial charge in [-0.25, -0.2) is 5.11 Å². The number of hydrogen-bond acceptors (Lipinski definition) is 0. The molecule has 0 fully saturated rings. The van der Waals surface area contributed by atoms with Crippen LogP contribution in [0.3, 0.4) is 0 Å². The Morgan fingerprint density at radius 1 is 1.25 bits per heavy atom. The molecule has 0 saturated heterocycles. The molecule has 0 aromatic carbocycles. The summed E-state index contributed by atoms with van der Waals surface area (Å²) in [4.78, 5) is 0. The third kappa shape index (κ3) is 1.83. The van der Waals surface area contributed by atoms with Crippen LogP contribution in [0.25, 0.3) is 0 Å². The van der Waals surface area contributed by atoms with E-state index in [2.05, 4.69) is 13.8 Å². The van der Waals surface area contributed by atoms with E-state index in [9.17, 15) is 5.11 Å². The lowest BCUT2D eigenvalue weighted by Crippen LogP contribution is -2.17. The minimum Gasteiger partial charge on any atom is -0.236 e. The van der Waals surface area contributed by atoms with E-state index in [0.29, 0.717) is 0 Å². The van der Waals surface area contributed by atoms with Gasteiger partial charge in [0.15, 0.2) is 0 Å². The Morgan fingerprint density at radius 3 is 1.62 bits per heavy atom. The van der Waals surface area contributed by atoms with E-state index in [0.717, 1.165) is 12.8 Å². The van der Waals surface area contributed by atoms with Crippen molar-refractivity contribution >= 4 is 0 Å². The van der Waals surface area contributed by atoms with Crippen molar-refractivity contribution in [2.24, 2.45) is 5.41 Å². The summed E-state index contributed by atoms with van der Waals surface area (Å²) in [6, 6.07) is 0. The fourth-order valence-electron chi connectivity index (χ4n) is 0.454. The summed E-state index contributed by atoms with van der Waals surface area (Å²) in [5.41, 5.74) is 0.0694. The Hall–Kier alpha value is -0.0400. The molecule has 1 heteroatoms. The van der Waals surface area contributed by atoms with Crippen LogP contribution in [-0.2, 0) is 5.11 Å². The Bertz CT molecular complexity index is 47.1. The number of hydrogen-bond donors (Lipinski definition) is 0. The molecule has 1 radical (unpaired) electrons. The van der Waals surface area contributed by atoms with Gasteiger partial charge in [-0.2, -0.15) is 0 Å². The highest BCUT2D eigenvalue weighted by Crippen LogP contribution is 2.23. The second kappa shape index (κ2) is 3.08. The first-order chi connectivity index (χ1) is 3.68. The van der Waals surface area contributed by atoms with Crippen molar-refractivity contribution in [2.75, 3.05) is 6.61 Å². The molecular weight excluding hydrogens is 100 g/mol. The lowest BCUT2D eigenvalue weighted by Gasteiger charge is -2.21. The molecule has 0 aromatic heterocycles. The molecule has 49 valence electrons. The zero-order valence-electron chi connectivity index (χ0n) is 6.03. The molecule has 0 atom stereocenters. The zero-order chi connectivity index (χ0) is 6.62. The van der Waals surface area contributed by atoms with E-state index in [-0.39, 0.29) is 12.0 Å². The van der Waals surface area contributed by atoms with Crippen molar-refractivity contribution in [2.45, 2.75) is 33.6 Å². The zero-order valence-corrected chi connectivity index (χ0v) is 6.03. The van der Waals surface area contributed by atoms with Gasteiger partial charge in [0.1, 0.15) is 0 Å². The molecule has 0 aliphatic heterocycles. The molecule has 0 aliphatic carbocycles. The minimum atomic E-state index is 0.0694. The van der Waals surface area contributed by atoms with Crippen molar-refractivity contribution in [3.05, 3.63) is 0 Å². The fourth-order valence-corrected chi connectivity index (χ4v) is 0.454. The van der Waals surface area contributed by atoms with E-state index in [1.807, 2.05) is 6.92 Å². The fraction of sp³-hybridized carbons (Fsp3) is 1.00. The van der Waals surface area contributed by atoms with Crippen LogP contribution in [0.4, 0.5) is 0 Å². The lowest BCUT2D eigenvalue weighted by molar-refractivity contribution is 0.0747. The summed E-state index contributed by atoms with van der Waals surface area (Å²) in [6.45, 7) is 6.25. The van der Waals surface area contributed by atoms with Gasteiger partial charge >= 0.3 is 0 Å². The van der Waals surface area contributed by atoms with E-state index < -0.39 is 0 Å². The normalized spacial score (nSPS) is 12.0. The van der Waals surface area contributed by atoms with Crippen molar-refractivity contribution in [1.29, 1.82) is 0 Å². The van der Waals surface area contributed by atoms with Gasteiger partial charge in [0.25, 0.3) is 0 Å². The van der Waals surface area contributed by atoms with Gasteiger partial charge in [0.2, 0.25) is 0 Å². The van der Waals surface area contributed by atoms with E-state index >= 15 is 0 Å². The van der Waals surface area contributed by atoms with Crippen LogP contribution in [0, 0.1) is 5.41 Å². The maximum atomic E-state index is 10.4. The minimum absolute atomic E-state index is 0.0694. The molecular formula is C7H15O. The quantitative estimate of drug-likeness (QED) is 0.537. The second-order valence-electron chi connectivity index (χ2n) is 2.66. The monoisotopic (exact) mass is 115 g/mol. The van der Waals surface area contributed by atoms with E-state index in [1.165, 1.54) is 0 Å². The highest BCUT2D eigenvalue weighted by Gasteiger charge is 2.17. The molecule has 0 N–H and O–H groups in total. The van der Waals surface area contributed by atoms with Gasteiger partial charge in [-0.15, -0.1) is 0 Å². The van der Waals surface area contributed by atoms with Crippen molar-refractivity contribution in [3.63, 3.8) is 0 Å². The highest BCUT2D eigenvalue weighted by atomic mass is 16.3. The molecule has 8 heavy (non-hydrogen) atoms. The predicted molar refractivity (Wildman–Crippen MR) is 34.2 cm³/mol. The maximum Gasteiger partial charge on any atom is 0.0875 e. The van der Waals surface area contributed by atoms with Crippen LogP contribution in [-0.4, -0.2) is 6.61 Å². The topological polar surface area (TPSA) is 19.9 Å². The van der Waals surface area contributed by atoms with Crippen LogP contribution in [0.2, 0.25) is 0 Å². The van der Waals surface area contributed by atoms with Gasteiger partial charge in [0, 0.05) is 0 Å². The van der Waals surface area contributed by atoms with E-state index in [4.69, 9.17) is 0 Å². The van der Waals surface area contributed by atoms with Gasteiger partial charge in [-0.1, -0.05) is 20.8 Å². The summed E-state index contributed by atoms with van der Waals surface area (Å²) in [6.07, 6.45) is 2.01. The molecule has 0 spiro atoms. The third-order valence-corrected chi connectivity index (χ3v) is 2.06. The third-order valence-electron chi connectivity index (χ3n) is 2.06. The largest absolute Gasteiger partial charge is 0.236 e. The predicted octanol–water partition coefficient (Wildman–Crippen LogP) is 2.24.